The van der Waals surface area contributed by atoms with E-state index in [0.717, 1.165) is 6.54 Å². The van der Waals surface area contributed by atoms with Gasteiger partial charge in [0.1, 0.15) is 0 Å². The van der Waals surface area contributed by atoms with Crippen molar-refractivity contribution in [1.82, 2.24) is 5.32 Å². The highest BCUT2D eigenvalue weighted by Crippen LogP contribution is 2.40. The van der Waals surface area contributed by atoms with E-state index in [4.69, 9.17) is 4.99 Å². The lowest BCUT2D eigenvalue weighted by Gasteiger charge is -2.23. The molecule has 1 N–H and O–H groups in total. The van der Waals surface area contributed by atoms with Gasteiger partial charge in [-0.3, -0.25) is 4.99 Å². The van der Waals surface area contributed by atoms with Crippen LogP contribution in [0.1, 0.15) is 58.3 Å². The van der Waals surface area contributed by atoms with Crippen LogP contribution in [0.5, 0.6) is 0 Å². The number of rotatable bonds is 2. The van der Waals surface area contributed by atoms with E-state index in [2.05, 4.69) is 12.2 Å². The molecule has 0 aromatic carbocycles. The predicted molar refractivity (Wildman–Crippen MR) is 75.7 cm³/mol. The fourth-order valence-electron chi connectivity index (χ4n) is 3.56. The minimum absolute atomic E-state index is 0.431. The quantitative estimate of drug-likeness (QED) is 0.812. The molecule has 96 valence electrons. The summed E-state index contributed by atoms with van der Waals surface area (Å²) < 4.78 is 0. The van der Waals surface area contributed by atoms with E-state index in [0.29, 0.717) is 11.0 Å². The molecule has 2 aliphatic carbocycles. The highest BCUT2D eigenvalue weighted by molar-refractivity contribution is 8.14. The summed E-state index contributed by atoms with van der Waals surface area (Å²) in [5.74, 6) is 1.25. The van der Waals surface area contributed by atoms with Gasteiger partial charge in [0.05, 0.1) is 0 Å². The minimum atomic E-state index is 0.431. The normalized spacial score (nSPS) is 32.4. The van der Waals surface area contributed by atoms with Gasteiger partial charge in [0.25, 0.3) is 0 Å². The van der Waals surface area contributed by atoms with Gasteiger partial charge in [-0.1, -0.05) is 44.4 Å². The Morgan fingerprint density at radius 1 is 1.12 bits per heavy atom. The molecule has 1 aliphatic heterocycles. The van der Waals surface area contributed by atoms with Gasteiger partial charge in [0, 0.05) is 17.8 Å². The maximum absolute atomic E-state index is 4.86. The largest absolute Gasteiger partial charge is 0.359 e. The van der Waals surface area contributed by atoms with E-state index in [1.807, 2.05) is 11.8 Å². The van der Waals surface area contributed by atoms with E-state index in [-0.39, 0.29) is 0 Å². The van der Waals surface area contributed by atoms with Crippen LogP contribution in [0.3, 0.4) is 0 Å². The molecule has 3 rings (SSSR count). The fourth-order valence-corrected chi connectivity index (χ4v) is 4.78. The summed E-state index contributed by atoms with van der Waals surface area (Å²) in [4.78, 5) is 4.86. The van der Waals surface area contributed by atoms with E-state index in [1.54, 1.807) is 0 Å². The molecule has 0 radical (unpaired) electrons. The van der Waals surface area contributed by atoms with Crippen LogP contribution in [0.2, 0.25) is 0 Å². The van der Waals surface area contributed by atoms with E-state index in [1.165, 1.54) is 62.3 Å². The van der Waals surface area contributed by atoms with Crippen molar-refractivity contribution in [3.05, 3.63) is 0 Å². The molecule has 17 heavy (non-hydrogen) atoms. The van der Waals surface area contributed by atoms with Crippen molar-refractivity contribution in [2.24, 2.45) is 10.4 Å². The molecular formula is C14H24N2S. The zero-order chi connectivity index (χ0) is 11.8. The van der Waals surface area contributed by atoms with Crippen LogP contribution in [-0.2, 0) is 0 Å². The molecule has 1 spiro atoms. The zero-order valence-electron chi connectivity index (χ0n) is 10.9. The SMILES string of the molecule is CC1(CN=C2NC3(CCCC3)CS2)CCCC1. The summed E-state index contributed by atoms with van der Waals surface area (Å²) in [6, 6.07) is 0. The highest BCUT2D eigenvalue weighted by Gasteiger charge is 2.39. The number of hydrogen-bond donors (Lipinski definition) is 1. The van der Waals surface area contributed by atoms with Crippen LogP contribution in [0.25, 0.3) is 0 Å². The Bertz CT molecular complexity index is 312. The van der Waals surface area contributed by atoms with Gasteiger partial charge in [-0.15, -0.1) is 0 Å². The third-order valence-electron chi connectivity index (χ3n) is 4.83. The van der Waals surface area contributed by atoms with Crippen LogP contribution in [0, 0.1) is 5.41 Å². The number of aliphatic imine (C=N–C) groups is 1. The number of amidine groups is 1. The van der Waals surface area contributed by atoms with Crippen molar-refractivity contribution in [3.8, 4) is 0 Å². The summed E-state index contributed by atoms with van der Waals surface area (Å²) in [5, 5.41) is 4.96. The molecule has 0 unspecified atom stereocenters. The average Bonchev–Trinajstić information content (AvgIpc) is 3.01. The monoisotopic (exact) mass is 252 g/mol. The second-order valence-corrected chi connectivity index (χ2v) is 7.50. The first-order valence-electron chi connectivity index (χ1n) is 7.15. The van der Waals surface area contributed by atoms with E-state index >= 15 is 0 Å². The summed E-state index contributed by atoms with van der Waals surface area (Å²) >= 11 is 1.96. The molecule has 2 saturated carbocycles. The number of nitrogens with zero attached hydrogens (tertiary/aromatic N) is 1. The third kappa shape index (κ3) is 2.49. The van der Waals surface area contributed by atoms with E-state index < -0.39 is 0 Å². The first-order chi connectivity index (χ1) is 8.20. The topological polar surface area (TPSA) is 24.4 Å². The van der Waals surface area contributed by atoms with Crippen LogP contribution in [0.15, 0.2) is 4.99 Å². The Morgan fingerprint density at radius 3 is 2.47 bits per heavy atom. The van der Waals surface area contributed by atoms with Gasteiger partial charge < -0.3 is 5.32 Å². The van der Waals surface area contributed by atoms with Gasteiger partial charge in [0.15, 0.2) is 5.17 Å². The van der Waals surface area contributed by atoms with Gasteiger partial charge in [-0.05, 0) is 31.1 Å². The molecule has 0 bridgehead atoms. The lowest BCUT2D eigenvalue weighted by Crippen LogP contribution is -2.40. The van der Waals surface area contributed by atoms with Crippen molar-refractivity contribution in [2.75, 3.05) is 12.3 Å². The van der Waals surface area contributed by atoms with Gasteiger partial charge in [-0.25, -0.2) is 0 Å². The Morgan fingerprint density at radius 2 is 1.76 bits per heavy atom. The van der Waals surface area contributed by atoms with Gasteiger partial charge >= 0.3 is 0 Å². The molecule has 3 heteroatoms. The lowest BCUT2D eigenvalue weighted by molar-refractivity contribution is 0.350. The minimum Gasteiger partial charge on any atom is -0.359 e. The molecule has 0 aromatic heterocycles. The van der Waals surface area contributed by atoms with Crippen LogP contribution in [0.4, 0.5) is 0 Å². The molecule has 1 saturated heterocycles. The van der Waals surface area contributed by atoms with Crippen molar-refractivity contribution < 1.29 is 0 Å². The average molecular weight is 252 g/mol. The second-order valence-electron chi connectivity index (χ2n) is 6.54. The Labute approximate surface area is 109 Å². The highest BCUT2D eigenvalue weighted by atomic mass is 32.2. The molecule has 0 amide bonds. The summed E-state index contributed by atoms with van der Waals surface area (Å²) in [6.45, 7) is 3.45. The Balaban J connectivity index is 1.58. The Kier molecular flexibility index (Phi) is 3.14. The zero-order valence-corrected chi connectivity index (χ0v) is 11.7. The van der Waals surface area contributed by atoms with Crippen molar-refractivity contribution in [2.45, 2.75) is 63.8 Å². The van der Waals surface area contributed by atoms with Crippen molar-refractivity contribution >= 4 is 16.9 Å². The van der Waals surface area contributed by atoms with Crippen LogP contribution >= 0.6 is 11.8 Å². The first-order valence-corrected chi connectivity index (χ1v) is 8.14. The molecule has 2 nitrogen and oxygen atoms in total. The lowest BCUT2D eigenvalue weighted by atomic mass is 9.89. The summed E-state index contributed by atoms with van der Waals surface area (Å²) in [7, 11) is 0. The molecule has 1 heterocycles. The molecule has 3 aliphatic rings. The number of nitrogens with one attached hydrogen (secondary N) is 1. The summed E-state index contributed by atoms with van der Waals surface area (Å²) in [6.07, 6.45) is 11.1. The third-order valence-corrected chi connectivity index (χ3v) is 6.03. The molecule has 3 fully saturated rings. The first kappa shape index (κ1) is 11.9. The standard InChI is InChI=1S/C14H24N2S/c1-13(6-2-3-7-13)10-15-12-16-14(11-17-12)8-4-5-9-14/h2-11H2,1H3,(H,15,16). The van der Waals surface area contributed by atoms with Crippen molar-refractivity contribution in [3.63, 3.8) is 0 Å². The second kappa shape index (κ2) is 4.49. The molecule has 0 aromatic rings. The van der Waals surface area contributed by atoms with Gasteiger partial charge in [0.2, 0.25) is 0 Å². The number of hydrogen-bond acceptors (Lipinski definition) is 2. The van der Waals surface area contributed by atoms with E-state index in [9.17, 15) is 0 Å². The molecular weight excluding hydrogens is 228 g/mol. The fraction of sp³-hybridized carbons (Fsp3) is 0.929. The maximum Gasteiger partial charge on any atom is 0.157 e. The maximum atomic E-state index is 4.86. The molecule has 0 atom stereocenters. The van der Waals surface area contributed by atoms with Crippen LogP contribution in [-0.4, -0.2) is 23.0 Å². The Hall–Kier alpha value is -0.180. The summed E-state index contributed by atoms with van der Waals surface area (Å²) in [5.41, 5.74) is 0.931. The van der Waals surface area contributed by atoms with Crippen molar-refractivity contribution in [1.29, 1.82) is 0 Å². The van der Waals surface area contributed by atoms with Crippen LogP contribution < -0.4 is 5.32 Å². The van der Waals surface area contributed by atoms with Gasteiger partial charge in [-0.2, -0.15) is 0 Å². The number of thioether (sulfide) groups is 1. The predicted octanol–water partition coefficient (Wildman–Crippen LogP) is 3.57. The smallest absolute Gasteiger partial charge is 0.157 e.